The van der Waals surface area contributed by atoms with E-state index in [1.54, 1.807) is 0 Å². The first kappa shape index (κ1) is 16.9. The van der Waals surface area contributed by atoms with Gasteiger partial charge in [-0.2, -0.15) is 0 Å². The predicted molar refractivity (Wildman–Crippen MR) is 97.1 cm³/mol. The highest BCUT2D eigenvalue weighted by Crippen LogP contribution is 2.42. The summed E-state index contributed by atoms with van der Waals surface area (Å²) in [7, 11) is 0. The Morgan fingerprint density at radius 3 is 2.50 bits per heavy atom. The van der Waals surface area contributed by atoms with Crippen LogP contribution in [-0.2, 0) is 11.3 Å². The maximum Gasteiger partial charge on any atom is 0.229 e. The number of halogens is 1. The minimum atomic E-state index is -0.431. The molecule has 0 bridgehead atoms. The highest BCUT2D eigenvalue weighted by Gasteiger charge is 2.48. The summed E-state index contributed by atoms with van der Waals surface area (Å²) in [6.45, 7) is 5.04. The molecule has 0 N–H and O–H groups in total. The summed E-state index contributed by atoms with van der Waals surface area (Å²) in [4.78, 5) is 25.2. The number of benzene rings is 1. The SMILES string of the molecule is Cc1cccc(CN2CCC3(CCN(c4ncc(F)cn4)CC3)C2=O)c1. The lowest BCUT2D eigenvalue weighted by molar-refractivity contribution is -0.137. The molecule has 0 saturated carbocycles. The zero-order chi connectivity index (χ0) is 18.1. The van der Waals surface area contributed by atoms with Crippen LogP contribution in [-0.4, -0.2) is 40.4 Å². The molecule has 136 valence electrons. The van der Waals surface area contributed by atoms with Crippen LogP contribution in [0.4, 0.5) is 10.3 Å². The molecule has 1 aromatic heterocycles. The molecule has 1 amide bonds. The average molecular weight is 354 g/mol. The Bertz CT molecular complexity index is 800. The average Bonchev–Trinajstić information content (AvgIpc) is 2.93. The van der Waals surface area contributed by atoms with E-state index in [1.165, 1.54) is 23.5 Å². The van der Waals surface area contributed by atoms with Crippen LogP contribution in [0.5, 0.6) is 0 Å². The van der Waals surface area contributed by atoms with Gasteiger partial charge in [0.25, 0.3) is 0 Å². The summed E-state index contributed by atoms with van der Waals surface area (Å²) in [5.41, 5.74) is 2.16. The summed E-state index contributed by atoms with van der Waals surface area (Å²) in [6.07, 6.45) is 4.90. The maximum atomic E-state index is 13.1. The molecule has 0 radical (unpaired) electrons. The number of carbonyl (C=O) groups is 1. The van der Waals surface area contributed by atoms with Crippen molar-refractivity contribution in [2.45, 2.75) is 32.7 Å². The number of piperidine rings is 1. The minimum absolute atomic E-state index is 0.250. The first-order valence-electron chi connectivity index (χ1n) is 9.13. The van der Waals surface area contributed by atoms with Crippen LogP contribution in [0.25, 0.3) is 0 Å². The van der Waals surface area contributed by atoms with Gasteiger partial charge in [-0.3, -0.25) is 4.79 Å². The molecule has 2 aromatic rings. The van der Waals surface area contributed by atoms with Gasteiger partial charge in [0, 0.05) is 26.2 Å². The van der Waals surface area contributed by atoms with Gasteiger partial charge in [0.05, 0.1) is 17.8 Å². The van der Waals surface area contributed by atoms with Crippen molar-refractivity contribution in [2.24, 2.45) is 5.41 Å². The Labute approximate surface area is 152 Å². The van der Waals surface area contributed by atoms with Crippen LogP contribution in [0.15, 0.2) is 36.7 Å². The molecule has 1 spiro atoms. The number of hydrogen-bond acceptors (Lipinski definition) is 4. The quantitative estimate of drug-likeness (QED) is 0.850. The Balaban J connectivity index is 1.41. The van der Waals surface area contributed by atoms with E-state index in [0.717, 1.165) is 38.9 Å². The van der Waals surface area contributed by atoms with Gasteiger partial charge >= 0.3 is 0 Å². The third-order valence-corrected chi connectivity index (χ3v) is 5.67. The van der Waals surface area contributed by atoms with E-state index in [0.29, 0.717) is 12.5 Å². The number of hydrogen-bond donors (Lipinski definition) is 0. The molecule has 0 unspecified atom stereocenters. The summed E-state index contributed by atoms with van der Waals surface area (Å²) in [6, 6.07) is 8.35. The molecular formula is C20H23FN4O. The number of carbonyl (C=O) groups excluding carboxylic acids is 1. The van der Waals surface area contributed by atoms with Gasteiger partial charge < -0.3 is 9.80 Å². The molecular weight excluding hydrogens is 331 g/mol. The van der Waals surface area contributed by atoms with E-state index in [1.807, 2.05) is 15.9 Å². The van der Waals surface area contributed by atoms with Crippen LogP contribution in [0.3, 0.4) is 0 Å². The molecule has 2 aliphatic rings. The van der Waals surface area contributed by atoms with Crippen LogP contribution in [0.1, 0.15) is 30.4 Å². The lowest BCUT2D eigenvalue weighted by atomic mass is 9.77. The molecule has 1 aromatic carbocycles. The Morgan fingerprint density at radius 1 is 1.12 bits per heavy atom. The van der Waals surface area contributed by atoms with Crippen molar-refractivity contribution in [3.05, 3.63) is 53.6 Å². The van der Waals surface area contributed by atoms with Crippen molar-refractivity contribution in [1.29, 1.82) is 0 Å². The Kier molecular flexibility index (Phi) is 4.34. The summed E-state index contributed by atoms with van der Waals surface area (Å²) >= 11 is 0. The largest absolute Gasteiger partial charge is 0.341 e. The van der Waals surface area contributed by atoms with E-state index in [2.05, 4.69) is 35.1 Å². The van der Waals surface area contributed by atoms with E-state index in [9.17, 15) is 9.18 Å². The number of aryl methyl sites for hydroxylation is 1. The summed E-state index contributed by atoms with van der Waals surface area (Å²) in [5, 5.41) is 0. The normalized spacial score (nSPS) is 19.4. The number of aromatic nitrogens is 2. The van der Waals surface area contributed by atoms with Gasteiger partial charge in [0.2, 0.25) is 11.9 Å². The fraction of sp³-hybridized carbons (Fsp3) is 0.450. The predicted octanol–water partition coefficient (Wildman–Crippen LogP) is 2.94. The maximum absolute atomic E-state index is 13.1. The number of likely N-dealkylation sites (tertiary alicyclic amines) is 1. The fourth-order valence-electron chi connectivity index (χ4n) is 4.14. The summed E-state index contributed by atoms with van der Waals surface area (Å²) < 4.78 is 13.0. The molecule has 0 atom stereocenters. The fourth-order valence-corrected chi connectivity index (χ4v) is 4.14. The molecule has 4 rings (SSSR count). The van der Waals surface area contributed by atoms with E-state index in [4.69, 9.17) is 0 Å². The van der Waals surface area contributed by atoms with Crippen LogP contribution in [0, 0.1) is 18.2 Å². The zero-order valence-electron chi connectivity index (χ0n) is 15.0. The van der Waals surface area contributed by atoms with Gasteiger partial charge in [0.1, 0.15) is 0 Å². The van der Waals surface area contributed by atoms with Gasteiger partial charge in [-0.25, -0.2) is 14.4 Å². The molecule has 3 heterocycles. The van der Waals surface area contributed by atoms with E-state index < -0.39 is 5.82 Å². The second-order valence-corrected chi connectivity index (χ2v) is 7.43. The second kappa shape index (κ2) is 6.67. The molecule has 2 saturated heterocycles. The summed E-state index contributed by atoms with van der Waals surface area (Å²) in [5.74, 6) is 0.391. The molecule has 5 nitrogen and oxygen atoms in total. The van der Waals surface area contributed by atoms with Gasteiger partial charge in [0.15, 0.2) is 5.82 Å². The van der Waals surface area contributed by atoms with E-state index >= 15 is 0 Å². The molecule has 6 heteroatoms. The number of amides is 1. The third-order valence-electron chi connectivity index (χ3n) is 5.67. The van der Waals surface area contributed by atoms with Crippen molar-refractivity contribution in [3.63, 3.8) is 0 Å². The monoisotopic (exact) mass is 354 g/mol. The standard InChI is InChI=1S/C20H23FN4O/c1-15-3-2-4-16(11-15)14-25-10-7-20(18(25)26)5-8-24(9-6-20)19-22-12-17(21)13-23-19/h2-4,11-13H,5-10,14H2,1H3. The highest BCUT2D eigenvalue weighted by atomic mass is 19.1. The van der Waals surface area contributed by atoms with Crippen LogP contribution in [0.2, 0.25) is 0 Å². The first-order chi connectivity index (χ1) is 12.6. The van der Waals surface area contributed by atoms with Crippen LogP contribution >= 0.6 is 0 Å². The Hall–Kier alpha value is -2.50. The smallest absolute Gasteiger partial charge is 0.229 e. The van der Waals surface area contributed by atoms with Crippen molar-refractivity contribution in [3.8, 4) is 0 Å². The molecule has 26 heavy (non-hydrogen) atoms. The minimum Gasteiger partial charge on any atom is -0.341 e. The Morgan fingerprint density at radius 2 is 1.81 bits per heavy atom. The zero-order valence-corrected chi connectivity index (χ0v) is 15.0. The first-order valence-corrected chi connectivity index (χ1v) is 9.13. The highest BCUT2D eigenvalue weighted by molar-refractivity contribution is 5.85. The molecule has 2 fully saturated rings. The molecule has 0 aliphatic carbocycles. The van der Waals surface area contributed by atoms with Crippen LogP contribution < -0.4 is 4.90 Å². The number of rotatable bonds is 3. The number of nitrogens with zero attached hydrogens (tertiary/aromatic N) is 4. The van der Waals surface area contributed by atoms with Crippen molar-refractivity contribution < 1.29 is 9.18 Å². The number of anilines is 1. The second-order valence-electron chi connectivity index (χ2n) is 7.43. The topological polar surface area (TPSA) is 49.3 Å². The van der Waals surface area contributed by atoms with Gasteiger partial charge in [-0.05, 0) is 31.7 Å². The van der Waals surface area contributed by atoms with Crippen molar-refractivity contribution >= 4 is 11.9 Å². The van der Waals surface area contributed by atoms with Gasteiger partial charge in [-0.1, -0.05) is 29.8 Å². The van der Waals surface area contributed by atoms with Gasteiger partial charge in [-0.15, -0.1) is 0 Å². The third kappa shape index (κ3) is 3.16. The lowest BCUT2D eigenvalue weighted by Gasteiger charge is -2.37. The van der Waals surface area contributed by atoms with Crippen molar-refractivity contribution in [1.82, 2.24) is 14.9 Å². The lowest BCUT2D eigenvalue weighted by Crippen LogP contribution is -2.45. The molecule has 2 aliphatic heterocycles. The van der Waals surface area contributed by atoms with E-state index in [-0.39, 0.29) is 11.3 Å². The van der Waals surface area contributed by atoms with Crippen molar-refractivity contribution in [2.75, 3.05) is 24.5 Å².